The van der Waals surface area contributed by atoms with E-state index in [0.29, 0.717) is 5.92 Å². The van der Waals surface area contributed by atoms with Crippen molar-refractivity contribution in [3.8, 4) is 0 Å². The van der Waals surface area contributed by atoms with Crippen LogP contribution in [-0.4, -0.2) is 11.7 Å². The Morgan fingerprint density at radius 1 is 0.895 bits per heavy atom. The molecule has 0 aliphatic carbocycles. The topological polar surface area (TPSA) is 20.2 Å². The minimum Gasteiger partial charge on any atom is -0.392 e. The summed E-state index contributed by atoms with van der Waals surface area (Å²) < 4.78 is 0. The first-order chi connectivity index (χ1) is 8.88. The third-order valence-electron chi connectivity index (χ3n) is 3.60. The number of allylic oxidation sites excluding steroid dienone is 5. The van der Waals surface area contributed by atoms with Crippen molar-refractivity contribution in [1.29, 1.82) is 0 Å². The van der Waals surface area contributed by atoms with Crippen LogP contribution in [0, 0.1) is 5.92 Å². The van der Waals surface area contributed by atoms with Crippen LogP contribution in [-0.2, 0) is 0 Å². The van der Waals surface area contributed by atoms with Gasteiger partial charge in [0.15, 0.2) is 0 Å². The van der Waals surface area contributed by atoms with Crippen LogP contribution >= 0.6 is 0 Å². The highest BCUT2D eigenvalue weighted by atomic mass is 16.2. The zero-order valence-electron chi connectivity index (χ0n) is 13.7. The lowest BCUT2D eigenvalue weighted by Crippen LogP contribution is -1.97. The quantitative estimate of drug-likeness (QED) is 0.580. The third-order valence-corrected chi connectivity index (χ3v) is 3.60. The van der Waals surface area contributed by atoms with Gasteiger partial charge in [-0.25, -0.2) is 0 Å². The van der Waals surface area contributed by atoms with Crippen molar-refractivity contribution in [2.75, 3.05) is 6.61 Å². The van der Waals surface area contributed by atoms with Crippen LogP contribution < -0.4 is 0 Å². The summed E-state index contributed by atoms with van der Waals surface area (Å²) in [6, 6.07) is 0. The predicted molar refractivity (Wildman–Crippen MR) is 86.3 cm³/mol. The molecule has 0 spiro atoms. The highest BCUT2D eigenvalue weighted by Crippen LogP contribution is 2.22. The molecule has 0 aliphatic rings. The molecule has 1 heteroatoms. The summed E-state index contributed by atoms with van der Waals surface area (Å²) in [5, 5.41) is 8.80. The lowest BCUT2D eigenvalue weighted by Gasteiger charge is -2.14. The van der Waals surface area contributed by atoms with E-state index in [0.717, 1.165) is 12.8 Å². The van der Waals surface area contributed by atoms with Crippen molar-refractivity contribution in [1.82, 2.24) is 0 Å². The van der Waals surface area contributed by atoms with E-state index in [4.69, 9.17) is 5.11 Å². The van der Waals surface area contributed by atoms with Gasteiger partial charge in [-0.15, -0.1) is 0 Å². The summed E-state index contributed by atoms with van der Waals surface area (Å²) in [6.45, 7) is 13.5. The van der Waals surface area contributed by atoms with E-state index in [1.165, 1.54) is 29.6 Å². The van der Waals surface area contributed by atoms with Gasteiger partial charge in [0.25, 0.3) is 0 Å². The normalized spacial score (nSPS) is 13.1. The van der Waals surface area contributed by atoms with E-state index in [9.17, 15) is 0 Å². The molecule has 1 nitrogen and oxygen atoms in total. The zero-order chi connectivity index (χ0) is 14.8. The Morgan fingerprint density at radius 3 is 1.95 bits per heavy atom. The second-order valence-electron chi connectivity index (χ2n) is 6.00. The fourth-order valence-electron chi connectivity index (χ4n) is 2.35. The summed E-state index contributed by atoms with van der Waals surface area (Å²) in [5.41, 5.74) is 5.84. The number of aliphatic hydroxyl groups is 1. The lowest BCUT2D eigenvalue weighted by atomic mass is 9.92. The van der Waals surface area contributed by atoms with Gasteiger partial charge in [-0.3, -0.25) is 0 Å². The number of hydrogen-bond donors (Lipinski definition) is 1. The van der Waals surface area contributed by atoms with Gasteiger partial charge in [-0.05, 0) is 59.3 Å². The Hall–Kier alpha value is -0.820. The summed E-state index contributed by atoms with van der Waals surface area (Å²) in [7, 11) is 0. The molecule has 0 unspecified atom stereocenters. The van der Waals surface area contributed by atoms with Gasteiger partial charge in [0.1, 0.15) is 0 Å². The maximum Gasteiger partial charge on any atom is 0.0614 e. The third kappa shape index (κ3) is 8.83. The molecule has 0 amide bonds. The van der Waals surface area contributed by atoms with Crippen molar-refractivity contribution in [3.63, 3.8) is 0 Å². The first-order valence-electron chi connectivity index (χ1n) is 7.46. The van der Waals surface area contributed by atoms with Gasteiger partial charge in [-0.2, -0.15) is 0 Å². The Labute approximate surface area is 120 Å². The van der Waals surface area contributed by atoms with Crippen LogP contribution in [0.5, 0.6) is 0 Å². The molecule has 0 saturated heterocycles. The van der Waals surface area contributed by atoms with Crippen LogP contribution in [0.3, 0.4) is 0 Å². The van der Waals surface area contributed by atoms with Gasteiger partial charge < -0.3 is 5.11 Å². The molecule has 0 atom stereocenters. The SMILES string of the molecule is CC(C)=C(CC/C(C)=C/CC/C(C)=C/CO)C(C)C. The van der Waals surface area contributed by atoms with Crippen LogP contribution in [0.15, 0.2) is 34.4 Å². The monoisotopic (exact) mass is 264 g/mol. The molecule has 1 N–H and O–H groups in total. The second-order valence-corrected chi connectivity index (χ2v) is 6.00. The molecule has 0 rings (SSSR count). The smallest absolute Gasteiger partial charge is 0.0614 e. The van der Waals surface area contributed by atoms with Gasteiger partial charge in [0.05, 0.1) is 6.61 Å². The molecule has 0 heterocycles. The highest BCUT2D eigenvalue weighted by molar-refractivity contribution is 5.14. The van der Waals surface area contributed by atoms with Gasteiger partial charge in [-0.1, -0.05) is 48.3 Å². The summed E-state index contributed by atoms with van der Waals surface area (Å²) in [5.74, 6) is 0.660. The van der Waals surface area contributed by atoms with Crippen molar-refractivity contribution >= 4 is 0 Å². The van der Waals surface area contributed by atoms with E-state index in [1.54, 1.807) is 5.57 Å². The molecule has 0 radical (unpaired) electrons. The average molecular weight is 264 g/mol. The minimum absolute atomic E-state index is 0.160. The van der Waals surface area contributed by atoms with E-state index in [2.05, 4.69) is 47.6 Å². The van der Waals surface area contributed by atoms with Crippen LogP contribution in [0.4, 0.5) is 0 Å². The maximum atomic E-state index is 8.80. The van der Waals surface area contributed by atoms with E-state index >= 15 is 0 Å². The van der Waals surface area contributed by atoms with E-state index < -0.39 is 0 Å². The van der Waals surface area contributed by atoms with Crippen molar-refractivity contribution in [2.45, 2.75) is 67.2 Å². The molecule has 0 aromatic carbocycles. The maximum absolute atomic E-state index is 8.80. The largest absolute Gasteiger partial charge is 0.392 e. The fraction of sp³-hybridized carbons (Fsp3) is 0.667. The Morgan fingerprint density at radius 2 is 1.47 bits per heavy atom. The van der Waals surface area contributed by atoms with Crippen molar-refractivity contribution in [3.05, 3.63) is 34.4 Å². The molecule has 0 bridgehead atoms. The van der Waals surface area contributed by atoms with Crippen molar-refractivity contribution in [2.24, 2.45) is 5.92 Å². The lowest BCUT2D eigenvalue weighted by molar-refractivity contribution is 0.341. The molecule has 0 aromatic heterocycles. The van der Waals surface area contributed by atoms with Gasteiger partial charge >= 0.3 is 0 Å². The number of rotatable bonds is 8. The summed E-state index contributed by atoms with van der Waals surface area (Å²) >= 11 is 0. The van der Waals surface area contributed by atoms with Crippen molar-refractivity contribution < 1.29 is 5.11 Å². The van der Waals surface area contributed by atoms with Crippen LogP contribution in [0.2, 0.25) is 0 Å². The number of hydrogen-bond acceptors (Lipinski definition) is 1. The van der Waals surface area contributed by atoms with E-state index in [1.807, 2.05) is 6.08 Å². The second kappa shape index (κ2) is 10.0. The number of aliphatic hydroxyl groups excluding tert-OH is 1. The van der Waals surface area contributed by atoms with Gasteiger partial charge in [0, 0.05) is 0 Å². The molecular formula is C18H32O. The Bertz CT molecular complexity index is 339. The summed E-state index contributed by atoms with van der Waals surface area (Å²) in [6.07, 6.45) is 8.73. The fourth-order valence-corrected chi connectivity index (χ4v) is 2.35. The van der Waals surface area contributed by atoms with Crippen LogP contribution in [0.25, 0.3) is 0 Å². The minimum atomic E-state index is 0.160. The van der Waals surface area contributed by atoms with Gasteiger partial charge in [0.2, 0.25) is 0 Å². The molecule has 0 aliphatic heterocycles. The molecule has 19 heavy (non-hydrogen) atoms. The average Bonchev–Trinajstić information content (AvgIpc) is 2.28. The Balaban J connectivity index is 4.21. The molecule has 0 fully saturated rings. The zero-order valence-corrected chi connectivity index (χ0v) is 13.7. The Kier molecular flexibility index (Phi) is 9.59. The highest BCUT2D eigenvalue weighted by Gasteiger charge is 2.05. The first kappa shape index (κ1) is 18.2. The molecular weight excluding hydrogens is 232 g/mol. The molecule has 0 saturated carbocycles. The standard InChI is InChI=1S/C18H32O/c1-14(2)18(15(3)4)11-10-16(5)8-7-9-17(6)12-13-19/h8,12,14,19H,7,9-11,13H2,1-6H3/b16-8+,17-12+. The van der Waals surface area contributed by atoms with E-state index in [-0.39, 0.29) is 6.61 Å². The van der Waals surface area contributed by atoms with Crippen LogP contribution in [0.1, 0.15) is 67.2 Å². The molecule has 110 valence electrons. The summed E-state index contributed by atoms with van der Waals surface area (Å²) in [4.78, 5) is 0. The first-order valence-corrected chi connectivity index (χ1v) is 7.46. The predicted octanol–water partition coefficient (Wildman–Crippen LogP) is 5.42. The molecule has 0 aromatic rings.